The molecule has 0 N–H and O–H groups in total. The van der Waals surface area contributed by atoms with Gasteiger partial charge in [-0.25, -0.2) is 13.1 Å². The minimum atomic E-state index is -3.60. The van der Waals surface area contributed by atoms with Crippen LogP contribution in [0.2, 0.25) is 0 Å². The fraction of sp³-hybridized carbons (Fsp3) is 0.800. The monoisotopic (exact) mass is 414 g/mol. The average Bonchev–Trinajstić information content (AvgIpc) is 2.69. The number of hydrogen-bond donors (Lipinski definition) is 0. The van der Waals surface area contributed by atoms with Gasteiger partial charge in [0, 0.05) is 25.0 Å². The van der Waals surface area contributed by atoms with E-state index in [-0.39, 0.29) is 20.5 Å². The minimum Gasteiger partial charge on any atom is -0.235 e. The average molecular weight is 416 g/mol. The van der Waals surface area contributed by atoms with Crippen LogP contribution in [0.5, 0.6) is 0 Å². The van der Waals surface area contributed by atoms with Crippen molar-refractivity contribution in [3.8, 4) is 0 Å². The molecule has 1 saturated carbocycles. The van der Waals surface area contributed by atoms with Gasteiger partial charge in [0.05, 0.1) is 0 Å². The molecule has 0 bridgehead atoms. The maximum absolute atomic E-state index is 12.7. The molecule has 108 valence electrons. The van der Waals surface area contributed by atoms with Gasteiger partial charge in [-0.3, -0.25) is 0 Å². The van der Waals surface area contributed by atoms with Crippen LogP contribution >= 0.6 is 31.9 Å². The normalized spacial score (nSPS) is 24.9. The van der Waals surface area contributed by atoms with Gasteiger partial charge in [-0.1, -0.05) is 34.0 Å². The highest BCUT2D eigenvalue weighted by Crippen LogP contribution is 2.32. The summed E-state index contributed by atoms with van der Waals surface area (Å²) in [6, 6.07) is -0.0273. The van der Waals surface area contributed by atoms with Crippen molar-refractivity contribution in [2.24, 2.45) is 7.05 Å². The predicted molar refractivity (Wildman–Crippen MR) is 78.6 cm³/mol. The number of alkyl halides is 1. The first-order valence-electron chi connectivity index (χ1n) is 6.03. The molecule has 1 heterocycles. The molecule has 2 rings (SSSR count). The van der Waals surface area contributed by atoms with Gasteiger partial charge in [0.15, 0.2) is 4.60 Å². The zero-order chi connectivity index (χ0) is 14.2. The summed E-state index contributed by atoms with van der Waals surface area (Å²) in [4.78, 5) is 0.195. The van der Waals surface area contributed by atoms with E-state index in [1.807, 2.05) is 0 Å². The lowest BCUT2D eigenvalue weighted by Crippen LogP contribution is -2.44. The molecule has 0 aromatic carbocycles. The van der Waals surface area contributed by atoms with Crippen LogP contribution in [0.1, 0.15) is 25.7 Å². The fourth-order valence-corrected chi connectivity index (χ4v) is 5.93. The van der Waals surface area contributed by atoms with Crippen molar-refractivity contribution in [2.75, 3.05) is 7.05 Å². The summed E-state index contributed by atoms with van der Waals surface area (Å²) in [6.45, 7) is 0. The number of rotatable bonds is 3. The first kappa shape index (κ1) is 15.4. The van der Waals surface area contributed by atoms with E-state index in [9.17, 15) is 8.42 Å². The molecule has 0 amide bonds. The van der Waals surface area contributed by atoms with Gasteiger partial charge in [-0.05, 0) is 28.8 Å². The van der Waals surface area contributed by atoms with E-state index in [4.69, 9.17) is 0 Å². The Balaban J connectivity index is 2.34. The third-order valence-corrected chi connectivity index (χ3v) is 7.31. The van der Waals surface area contributed by atoms with Gasteiger partial charge in [0.25, 0.3) is 10.0 Å². The SMILES string of the molecule is CN(C1CCCCC1Br)S(=O)(=O)c1c(Br)nnn1C. The van der Waals surface area contributed by atoms with Crippen molar-refractivity contribution in [1.82, 2.24) is 19.3 Å². The van der Waals surface area contributed by atoms with Crippen LogP contribution in [0.4, 0.5) is 0 Å². The van der Waals surface area contributed by atoms with Gasteiger partial charge in [0.2, 0.25) is 5.03 Å². The van der Waals surface area contributed by atoms with E-state index in [0.29, 0.717) is 0 Å². The summed E-state index contributed by atoms with van der Waals surface area (Å²) < 4.78 is 28.3. The van der Waals surface area contributed by atoms with Crippen molar-refractivity contribution >= 4 is 41.9 Å². The van der Waals surface area contributed by atoms with Gasteiger partial charge in [-0.15, -0.1) is 5.10 Å². The third-order valence-electron chi connectivity index (χ3n) is 3.47. The molecule has 1 aliphatic rings. The Morgan fingerprint density at radius 2 is 2.00 bits per heavy atom. The van der Waals surface area contributed by atoms with Gasteiger partial charge in [0.1, 0.15) is 0 Å². The second-order valence-electron chi connectivity index (χ2n) is 4.70. The van der Waals surface area contributed by atoms with E-state index >= 15 is 0 Å². The second-order valence-corrected chi connectivity index (χ2v) is 8.54. The Morgan fingerprint density at radius 3 is 2.53 bits per heavy atom. The van der Waals surface area contributed by atoms with E-state index in [1.54, 1.807) is 14.1 Å². The Kier molecular flexibility index (Phi) is 4.69. The summed E-state index contributed by atoms with van der Waals surface area (Å²) in [5.41, 5.74) is 0. The molecule has 1 aromatic rings. The molecule has 2 atom stereocenters. The summed E-state index contributed by atoms with van der Waals surface area (Å²) in [5, 5.41) is 7.57. The van der Waals surface area contributed by atoms with Crippen molar-refractivity contribution in [3.63, 3.8) is 0 Å². The standard InChI is InChI=1S/C10H16Br2N4O2S/c1-15-10(9(12)13-14-15)19(17,18)16(2)8-6-4-3-5-7(8)11/h7-8H,3-6H2,1-2H3. The fourth-order valence-electron chi connectivity index (χ4n) is 2.39. The van der Waals surface area contributed by atoms with Crippen molar-refractivity contribution in [2.45, 2.75) is 41.6 Å². The molecule has 9 heteroatoms. The molecular weight excluding hydrogens is 400 g/mol. The quantitative estimate of drug-likeness (QED) is 0.707. The highest BCUT2D eigenvalue weighted by Gasteiger charge is 2.36. The molecule has 2 unspecified atom stereocenters. The van der Waals surface area contributed by atoms with Gasteiger partial charge >= 0.3 is 0 Å². The van der Waals surface area contributed by atoms with Crippen LogP contribution in [0, 0.1) is 0 Å². The molecule has 6 nitrogen and oxygen atoms in total. The largest absolute Gasteiger partial charge is 0.263 e. The summed E-state index contributed by atoms with van der Waals surface area (Å²) in [7, 11) is -0.397. The molecule has 0 aliphatic heterocycles. The van der Waals surface area contributed by atoms with Gasteiger partial charge in [-0.2, -0.15) is 4.31 Å². The first-order chi connectivity index (χ1) is 8.85. The Morgan fingerprint density at radius 1 is 1.37 bits per heavy atom. The van der Waals surface area contributed by atoms with Gasteiger partial charge < -0.3 is 0 Å². The van der Waals surface area contributed by atoms with E-state index in [0.717, 1.165) is 25.7 Å². The van der Waals surface area contributed by atoms with Crippen LogP contribution in [0.15, 0.2) is 9.63 Å². The number of aryl methyl sites for hydroxylation is 1. The number of nitrogens with zero attached hydrogens (tertiary/aromatic N) is 4. The van der Waals surface area contributed by atoms with Crippen molar-refractivity contribution in [1.29, 1.82) is 0 Å². The Hall–Kier alpha value is 0.0100. The highest BCUT2D eigenvalue weighted by molar-refractivity contribution is 9.10. The zero-order valence-corrected chi connectivity index (χ0v) is 14.7. The zero-order valence-electron chi connectivity index (χ0n) is 10.8. The summed E-state index contributed by atoms with van der Waals surface area (Å²) in [5.74, 6) is 0. The second kappa shape index (κ2) is 5.79. The summed E-state index contributed by atoms with van der Waals surface area (Å²) >= 11 is 6.74. The topological polar surface area (TPSA) is 68.1 Å². The first-order valence-corrected chi connectivity index (χ1v) is 9.18. The molecule has 0 saturated heterocycles. The molecule has 19 heavy (non-hydrogen) atoms. The van der Waals surface area contributed by atoms with Crippen LogP contribution in [0.25, 0.3) is 0 Å². The molecule has 0 radical (unpaired) electrons. The highest BCUT2D eigenvalue weighted by atomic mass is 79.9. The predicted octanol–water partition coefficient (Wildman–Crippen LogP) is 1.90. The van der Waals surface area contributed by atoms with E-state index in [2.05, 4.69) is 42.2 Å². The van der Waals surface area contributed by atoms with Crippen molar-refractivity contribution in [3.05, 3.63) is 4.60 Å². The Bertz CT molecular complexity index is 540. The van der Waals surface area contributed by atoms with Crippen LogP contribution in [0.3, 0.4) is 0 Å². The van der Waals surface area contributed by atoms with Crippen LogP contribution in [-0.2, 0) is 17.1 Å². The number of aromatic nitrogens is 3. The van der Waals surface area contributed by atoms with Crippen LogP contribution < -0.4 is 0 Å². The van der Waals surface area contributed by atoms with E-state index in [1.165, 1.54) is 8.99 Å². The molecular formula is C10H16Br2N4O2S. The van der Waals surface area contributed by atoms with Crippen LogP contribution in [-0.4, -0.2) is 45.6 Å². The summed E-state index contributed by atoms with van der Waals surface area (Å²) in [6.07, 6.45) is 4.05. The molecule has 0 spiro atoms. The third kappa shape index (κ3) is 2.88. The van der Waals surface area contributed by atoms with Crippen molar-refractivity contribution < 1.29 is 8.42 Å². The lowest BCUT2D eigenvalue weighted by molar-refractivity contribution is 0.295. The number of hydrogen-bond acceptors (Lipinski definition) is 4. The molecule has 1 fully saturated rings. The van der Waals surface area contributed by atoms with E-state index < -0.39 is 10.0 Å². The lowest BCUT2D eigenvalue weighted by atomic mass is 9.96. The number of halogens is 2. The Labute approximate surface area is 129 Å². The maximum Gasteiger partial charge on any atom is 0.263 e. The lowest BCUT2D eigenvalue weighted by Gasteiger charge is -2.34. The number of sulfonamides is 1. The molecule has 1 aromatic heterocycles. The maximum atomic E-state index is 12.7. The smallest absolute Gasteiger partial charge is 0.235 e. The molecule has 1 aliphatic carbocycles. The minimum absolute atomic E-state index is 0.0273.